The average Bonchev–Trinajstić information content (AvgIpc) is 3.22. The highest BCUT2D eigenvalue weighted by Crippen LogP contribution is 2.58. The van der Waals surface area contributed by atoms with Crippen LogP contribution < -0.4 is 31.2 Å². The molecule has 4 saturated carbocycles. The summed E-state index contributed by atoms with van der Waals surface area (Å²) < 4.78 is 39.0. The number of nitrogens with one attached hydrogen (secondary N) is 4. The molecule has 326 valence electrons. The van der Waals surface area contributed by atoms with E-state index in [9.17, 15) is 14.7 Å². The summed E-state index contributed by atoms with van der Waals surface area (Å²) in [5, 5.41) is 29.5. The summed E-state index contributed by atoms with van der Waals surface area (Å²) in [6.07, 6.45) is 5.75. The number of anilines is 2. The van der Waals surface area contributed by atoms with Crippen LogP contribution >= 0.6 is 0 Å². The number of hydrogen-bond acceptors (Lipinski definition) is 13. The third kappa shape index (κ3) is 12.2. The van der Waals surface area contributed by atoms with Gasteiger partial charge in [-0.3, -0.25) is 10.2 Å². The Morgan fingerprint density at radius 2 is 1.34 bits per heavy atom. The van der Waals surface area contributed by atoms with Crippen LogP contribution in [0.25, 0.3) is 5.70 Å². The molecule has 15 nitrogen and oxygen atoms in total. The highest BCUT2D eigenvalue weighted by molar-refractivity contribution is 6.43. The number of amides is 1. The maximum atomic E-state index is 13.9. The third-order valence-corrected chi connectivity index (χ3v) is 11.6. The van der Waals surface area contributed by atoms with Gasteiger partial charge >= 0.3 is 5.97 Å². The number of hydrogen-bond donors (Lipinski definition) is 6. The predicted molar refractivity (Wildman–Crippen MR) is 227 cm³/mol. The van der Waals surface area contributed by atoms with Crippen molar-refractivity contribution in [1.29, 1.82) is 5.41 Å². The average molecular weight is 824 g/mol. The first-order valence-corrected chi connectivity index (χ1v) is 20.9. The molecule has 0 spiro atoms. The molecule has 0 aromatic heterocycles. The molecule has 6 rings (SSSR count). The minimum absolute atomic E-state index is 0.0983. The van der Waals surface area contributed by atoms with E-state index in [4.69, 9.17) is 44.3 Å². The second-order valence-electron chi connectivity index (χ2n) is 15.8. The van der Waals surface area contributed by atoms with Gasteiger partial charge in [-0.15, -0.1) is 0 Å². The SMILES string of the molecule is COc1cccc(OC)c1/C(=C/C(=N)C(=O)NC1(C(=O)O)C2CC3CC(C2)CC1C3)Nc1ccc(NCCOCCOCCOCCOCCOCCN)cc1C(C)C. The molecular formula is C44H65N5O10. The van der Waals surface area contributed by atoms with Gasteiger partial charge in [0.2, 0.25) is 0 Å². The monoisotopic (exact) mass is 823 g/mol. The molecule has 2 aromatic rings. The first-order valence-electron chi connectivity index (χ1n) is 20.9. The van der Waals surface area contributed by atoms with Crippen molar-refractivity contribution in [3.05, 3.63) is 53.6 Å². The summed E-state index contributed by atoms with van der Waals surface area (Å²) in [7, 11) is 3.10. The number of methoxy groups -OCH3 is 2. The zero-order valence-corrected chi connectivity index (χ0v) is 35.1. The standard InChI is InChI=1S/C44H65N5O10/c1-29(2)35-27-34(47-11-13-56-15-17-58-19-21-59-20-18-57-16-14-55-12-10-45)8-9-37(35)48-38(41-39(53-3)6-5-7-40(41)54-4)28-36(46)42(50)49-44(43(51)52)32-23-30-22-31(25-32)26-33(44)24-30/h5-9,27-33,46-48H,10-26,45H2,1-4H3,(H,49,50)(H,51,52)/b38-28-,46-36?. The van der Waals surface area contributed by atoms with E-state index in [-0.39, 0.29) is 23.5 Å². The van der Waals surface area contributed by atoms with Gasteiger partial charge in [0.15, 0.2) is 0 Å². The molecule has 59 heavy (non-hydrogen) atoms. The molecule has 0 atom stereocenters. The summed E-state index contributed by atoms with van der Waals surface area (Å²) in [6.45, 7) is 10.2. The molecule has 4 aliphatic rings. The fourth-order valence-electron chi connectivity index (χ4n) is 9.03. The number of carboxylic acids is 1. The molecule has 0 radical (unpaired) electrons. The van der Waals surface area contributed by atoms with Gasteiger partial charge in [-0.2, -0.15) is 0 Å². The highest BCUT2D eigenvalue weighted by atomic mass is 16.6. The van der Waals surface area contributed by atoms with Gasteiger partial charge in [0, 0.05) is 24.5 Å². The number of nitrogens with two attached hydrogens (primary N) is 1. The molecular weight excluding hydrogens is 759 g/mol. The van der Waals surface area contributed by atoms with Crippen molar-refractivity contribution in [2.24, 2.45) is 29.4 Å². The highest BCUT2D eigenvalue weighted by Gasteiger charge is 2.62. The van der Waals surface area contributed by atoms with Crippen molar-refractivity contribution < 1.29 is 47.9 Å². The zero-order valence-electron chi connectivity index (χ0n) is 35.1. The lowest BCUT2D eigenvalue weighted by Crippen LogP contribution is -2.70. The quantitative estimate of drug-likeness (QED) is 0.0486. The Hall–Kier alpha value is -4.25. The largest absolute Gasteiger partial charge is 0.496 e. The van der Waals surface area contributed by atoms with Crippen molar-refractivity contribution >= 4 is 34.7 Å². The lowest BCUT2D eigenvalue weighted by Gasteiger charge is -2.59. The Labute approximate surface area is 348 Å². The van der Waals surface area contributed by atoms with Crippen molar-refractivity contribution in [1.82, 2.24) is 5.32 Å². The lowest BCUT2D eigenvalue weighted by molar-refractivity contribution is -0.166. The smallest absolute Gasteiger partial charge is 0.330 e. The predicted octanol–water partition coefficient (Wildman–Crippen LogP) is 5.15. The zero-order chi connectivity index (χ0) is 42.2. The molecule has 0 aliphatic heterocycles. The molecule has 1 amide bonds. The number of carbonyl (C=O) groups excluding carboxylic acids is 1. The van der Waals surface area contributed by atoms with Crippen molar-refractivity contribution in [3.8, 4) is 11.5 Å². The molecule has 2 aromatic carbocycles. The molecule has 0 heterocycles. The number of aliphatic carboxylic acids is 1. The van der Waals surface area contributed by atoms with E-state index in [1.807, 2.05) is 12.1 Å². The first kappa shape index (κ1) is 45.8. The van der Waals surface area contributed by atoms with Crippen molar-refractivity contribution in [3.63, 3.8) is 0 Å². The molecule has 4 fully saturated rings. The van der Waals surface area contributed by atoms with Crippen LogP contribution in [0.3, 0.4) is 0 Å². The first-order chi connectivity index (χ1) is 28.6. The van der Waals surface area contributed by atoms with E-state index >= 15 is 0 Å². The van der Waals surface area contributed by atoms with Crippen molar-refractivity contribution in [2.45, 2.75) is 57.4 Å². The summed E-state index contributed by atoms with van der Waals surface area (Å²) in [5.41, 5.74) is 7.20. The van der Waals surface area contributed by atoms with Crippen LogP contribution in [0.2, 0.25) is 0 Å². The van der Waals surface area contributed by atoms with E-state index < -0.39 is 17.4 Å². The van der Waals surface area contributed by atoms with Crippen LogP contribution in [0.1, 0.15) is 63.0 Å². The Kier molecular flexibility index (Phi) is 17.8. The van der Waals surface area contributed by atoms with Gasteiger partial charge in [0.1, 0.15) is 22.7 Å². The molecule has 4 bridgehead atoms. The van der Waals surface area contributed by atoms with E-state index in [0.29, 0.717) is 114 Å². The second-order valence-corrected chi connectivity index (χ2v) is 15.8. The van der Waals surface area contributed by atoms with Crippen molar-refractivity contribution in [2.75, 3.05) is 104 Å². The Morgan fingerprint density at radius 1 is 0.814 bits per heavy atom. The van der Waals surface area contributed by atoms with Crippen LogP contribution in [0.5, 0.6) is 11.5 Å². The Balaban J connectivity index is 1.18. The van der Waals surface area contributed by atoms with Gasteiger partial charge in [-0.1, -0.05) is 19.9 Å². The fraction of sp³-hybridized carbons (Fsp3) is 0.614. The molecule has 15 heteroatoms. The lowest BCUT2D eigenvalue weighted by atomic mass is 9.48. The van der Waals surface area contributed by atoms with Gasteiger partial charge in [0.25, 0.3) is 5.91 Å². The Bertz CT molecular complexity index is 1670. The Morgan fingerprint density at radius 3 is 1.83 bits per heavy atom. The minimum Gasteiger partial charge on any atom is -0.496 e. The molecule has 0 unspecified atom stereocenters. The number of carbonyl (C=O) groups is 2. The second kappa shape index (κ2) is 22.9. The normalized spacial score (nSPS) is 22.0. The summed E-state index contributed by atoms with van der Waals surface area (Å²) in [5.74, 6) is 0.0609. The summed E-state index contributed by atoms with van der Waals surface area (Å²) in [4.78, 5) is 26.9. The summed E-state index contributed by atoms with van der Waals surface area (Å²) in [6, 6.07) is 11.3. The molecule has 7 N–H and O–H groups in total. The number of ether oxygens (including phenoxy) is 7. The molecule has 0 saturated heterocycles. The van der Waals surface area contributed by atoms with E-state index in [1.165, 1.54) is 6.08 Å². The van der Waals surface area contributed by atoms with E-state index in [1.54, 1.807) is 32.4 Å². The van der Waals surface area contributed by atoms with Crippen LogP contribution in [-0.2, 0) is 33.3 Å². The van der Waals surface area contributed by atoms with Gasteiger partial charge in [0.05, 0.1) is 91.5 Å². The van der Waals surface area contributed by atoms with Gasteiger partial charge in [-0.25, -0.2) is 4.79 Å². The van der Waals surface area contributed by atoms with Gasteiger partial charge in [-0.05, 0) is 104 Å². The van der Waals surface area contributed by atoms with Crippen LogP contribution in [0, 0.1) is 29.1 Å². The maximum absolute atomic E-state index is 13.9. The third-order valence-electron chi connectivity index (χ3n) is 11.6. The van der Waals surface area contributed by atoms with Crippen LogP contribution in [-0.4, -0.2) is 122 Å². The fourth-order valence-corrected chi connectivity index (χ4v) is 9.03. The van der Waals surface area contributed by atoms with Crippen LogP contribution in [0.4, 0.5) is 11.4 Å². The van der Waals surface area contributed by atoms with E-state index in [0.717, 1.165) is 49.0 Å². The minimum atomic E-state index is -1.38. The summed E-state index contributed by atoms with van der Waals surface area (Å²) >= 11 is 0. The van der Waals surface area contributed by atoms with Gasteiger partial charge < -0.3 is 59.9 Å². The van der Waals surface area contributed by atoms with Crippen LogP contribution in [0.15, 0.2) is 42.5 Å². The topological polar surface area (TPSA) is 205 Å². The number of rotatable bonds is 28. The number of carboxylic acid groups (broad SMARTS) is 1. The number of benzene rings is 2. The maximum Gasteiger partial charge on any atom is 0.330 e. The molecule has 4 aliphatic carbocycles. The van der Waals surface area contributed by atoms with E-state index in [2.05, 4.69) is 35.9 Å².